The van der Waals surface area contributed by atoms with E-state index in [1.54, 1.807) is 13.2 Å². The molecule has 0 unspecified atom stereocenters. The Morgan fingerprint density at radius 3 is 2.67 bits per heavy atom. The molecule has 1 fully saturated rings. The Balaban J connectivity index is 1.82. The van der Waals surface area contributed by atoms with E-state index in [-0.39, 0.29) is 18.5 Å². The predicted molar refractivity (Wildman–Crippen MR) is 76.5 cm³/mol. The highest BCUT2D eigenvalue weighted by molar-refractivity contribution is 5.68. The molecule has 0 saturated carbocycles. The van der Waals surface area contributed by atoms with Crippen molar-refractivity contribution in [2.75, 3.05) is 26.8 Å². The van der Waals surface area contributed by atoms with Gasteiger partial charge in [-0.1, -0.05) is 6.07 Å². The molecule has 0 amide bonds. The number of carboxylic acid groups (broad SMARTS) is 1. The van der Waals surface area contributed by atoms with Crippen molar-refractivity contribution in [1.82, 2.24) is 4.90 Å². The summed E-state index contributed by atoms with van der Waals surface area (Å²) in [6.07, 6.45) is 1.64. The second-order valence-corrected chi connectivity index (χ2v) is 5.17. The van der Waals surface area contributed by atoms with Gasteiger partial charge in [0.2, 0.25) is 0 Å². The van der Waals surface area contributed by atoms with Crippen molar-refractivity contribution in [3.05, 3.63) is 23.8 Å². The third kappa shape index (κ3) is 4.61. The van der Waals surface area contributed by atoms with Gasteiger partial charge >= 0.3 is 5.97 Å². The molecule has 6 nitrogen and oxygen atoms in total. The van der Waals surface area contributed by atoms with Crippen LogP contribution in [0.3, 0.4) is 0 Å². The summed E-state index contributed by atoms with van der Waals surface area (Å²) < 4.78 is 10.4. The first-order valence-electron chi connectivity index (χ1n) is 7.00. The number of hydrogen-bond acceptors (Lipinski definition) is 5. The number of aromatic hydroxyl groups is 1. The molecule has 0 bridgehead atoms. The van der Waals surface area contributed by atoms with Crippen molar-refractivity contribution in [2.45, 2.75) is 25.5 Å². The van der Waals surface area contributed by atoms with Crippen LogP contribution in [0.1, 0.15) is 18.4 Å². The second-order valence-electron chi connectivity index (χ2n) is 5.17. The standard InChI is InChI=1S/C15H21NO5/c1-20-13-3-2-11(14(17)8-13)9-16-6-4-12(5-7-16)21-10-15(18)19/h2-3,8,12,17H,4-7,9-10H2,1H3,(H,18,19). The fourth-order valence-corrected chi connectivity index (χ4v) is 2.47. The van der Waals surface area contributed by atoms with Crippen LogP contribution in [-0.4, -0.2) is 54.0 Å². The van der Waals surface area contributed by atoms with Gasteiger partial charge in [0.1, 0.15) is 18.1 Å². The lowest BCUT2D eigenvalue weighted by Gasteiger charge is -2.31. The van der Waals surface area contributed by atoms with E-state index in [1.165, 1.54) is 0 Å². The number of ether oxygens (including phenoxy) is 2. The first-order valence-corrected chi connectivity index (χ1v) is 7.00. The molecule has 2 N–H and O–H groups in total. The summed E-state index contributed by atoms with van der Waals surface area (Å²) in [5, 5.41) is 18.5. The number of aliphatic carboxylic acids is 1. The zero-order valence-corrected chi connectivity index (χ0v) is 12.1. The maximum Gasteiger partial charge on any atom is 0.329 e. The normalized spacial score (nSPS) is 16.8. The van der Waals surface area contributed by atoms with Crippen LogP contribution in [0.25, 0.3) is 0 Å². The second kappa shape index (κ2) is 7.28. The molecule has 0 aromatic heterocycles. The van der Waals surface area contributed by atoms with Crippen molar-refractivity contribution in [3.8, 4) is 11.5 Å². The molecule has 21 heavy (non-hydrogen) atoms. The van der Waals surface area contributed by atoms with Crippen molar-refractivity contribution in [1.29, 1.82) is 0 Å². The SMILES string of the molecule is COc1ccc(CN2CCC(OCC(=O)O)CC2)c(O)c1. The topological polar surface area (TPSA) is 79.2 Å². The van der Waals surface area contributed by atoms with Crippen molar-refractivity contribution in [2.24, 2.45) is 0 Å². The van der Waals surface area contributed by atoms with Crippen LogP contribution in [0.2, 0.25) is 0 Å². The fourth-order valence-electron chi connectivity index (χ4n) is 2.47. The van der Waals surface area contributed by atoms with Gasteiger partial charge in [-0.2, -0.15) is 0 Å². The van der Waals surface area contributed by atoms with Crippen LogP contribution in [-0.2, 0) is 16.1 Å². The molecule has 1 aliphatic heterocycles. The van der Waals surface area contributed by atoms with E-state index in [9.17, 15) is 9.90 Å². The largest absolute Gasteiger partial charge is 0.507 e. The van der Waals surface area contributed by atoms with Gasteiger partial charge in [0.25, 0.3) is 0 Å². The lowest BCUT2D eigenvalue weighted by atomic mass is 10.1. The number of benzene rings is 1. The highest BCUT2D eigenvalue weighted by Gasteiger charge is 2.21. The van der Waals surface area contributed by atoms with E-state index < -0.39 is 5.97 Å². The smallest absolute Gasteiger partial charge is 0.329 e. The molecule has 1 heterocycles. The van der Waals surface area contributed by atoms with E-state index >= 15 is 0 Å². The average Bonchev–Trinajstić information content (AvgIpc) is 2.48. The van der Waals surface area contributed by atoms with Crippen LogP contribution in [0.15, 0.2) is 18.2 Å². The third-order valence-corrected chi connectivity index (χ3v) is 3.66. The monoisotopic (exact) mass is 295 g/mol. The van der Waals surface area contributed by atoms with Gasteiger partial charge < -0.3 is 19.7 Å². The molecule has 1 aliphatic rings. The predicted octanol–water partition coefficient (Wildman–Crippen LogP) is 1.47. The molecule has 1 aromatic carbocycles. The van der Waals surface area contributed by atoms with Crippen molar-refractivity contribution >= 4 is 5.97 Å². The Morgan fingerprint density at radius 1 is 1.38 bits per heavy atom. The van der Waals surface area contributed by atoms with Gasteiger partial charge in [0.05, 0.1) is 13.2 Å². The Bertz CT molecular complexity index is 483. The van der Waals surface area contributed by atoms with Crippen LogP contribution < -0.4 is 4.74 Å². The van der Waals surface area contributed by atoms with Crippen molar-refractivity contribution < 1.29 is 24.5 Å². The Kier molecular flexibility index (Phi) is 5.41. The number of rotatable bonds is 6. The number of likely N-dealkylation sites (tertiary alicyclic amines) is 1. The maximum absolute atomic E-state index is 10.5. The first-order chi connectivity index (χ1) is 10.1. The van der Waals surface area contributed by atoms with Crippen LogP contribution >= 0.6 is 0 Å². The van der Waals surface area contributed by atoms with E-state index in [0.29, 0.717) is 12.3 Å². The maximum atomic E-state index is 10.5. The summed E-state index contributed by atoms with van der Waals surface area (Å²) in [4.78, 5) is 12.7. The minimum atomic E-state index is -0.930. The molecular formula is C15H21NO5. The Morgan fingerprint density at radius 2 is 2.10 bits per heavy atom. The van der Waals surface area contributed by atoms with Gasteiger partial charge in [-0.05, 0) is 18.9 Å². The zero-order valence-electron chi connectivity index (χ0n) is 12.1. The summed E-state index contributed by atoms with van der Waals surface area (Å²) in [5.41, 5.74) is 0.862. The van der Waals surface area contributed by atoms with Crippen LogP contribution in [0.4, 0.5) is 0 Å². The summed E-state index contributed by atoms with van der Waals surface area (Å²) >= 11 is 0. The first kappa shape index (κ1) is 15.6. The minimum Gasteiger partial charge on any atom is -0.507 e. The molecule has 2 rings (SSSR count). The number of phenolic OH excluding ortho intramolecular Hbond substituents is 1. The molecule has 0 spiro atoms. The fraction of sp³-hybridized carbons (Fsp3) is 0.533. The summed E-state index contributed by atoms with van der Waals surface area (Å²) in [6.45, 7) is 2.09. The van der Waals surface area contributed by atoms with Gasteiger partial charge in [-0.3, -0.25) is 4.90 Å². The zero-order chi connectivity index (χ0) is 15.2. The molecule has 6 heteroatoms. The number of methoxy groups -OCH3 is 1. The van der Waals surface area contributed by atoms with Gasteiger partial charge in [-0.15, -0.1) is 0 Å². The average molecular weight is 295 g/mol. The highest BCUT2D eigenvalue weighted by Crippen LogP contribution is 2.25. The quantitative estimate of drug-likeness (QED) is 0.827. The van der Waals surface area contributed by atoms with Crippen LogP contribution in [0, 0.1) is 0 Å². The number of phenols is 1. The molecule has 1 saturated heterocycles. The Labute approximate surface area is 123 Å². The molecule has 0 atom stereocenters. The number of piperidine rings is 1. The van der Waals surface area contributed by atoms with E-state index in [4.69, 9.17) is 14.6 Å². The number of nitrogens with zero attached hydrogens (tertiary/aromatic N) is 1. The van der Waals surface area contributed by atoms with Gasteiger partial charge in [0, 0.05) is 31.3 Å². The molecule has 116 valence electrons. The van der Waals surface area contributed by atoms with E-state index in [1.807, 2.05) is 12.1 Å². The van der Waals surface area contributed by atoms with Gasteiger partial charge in [0.15, 0.2) is 0 Å². The number of hydrogen-bond donors (Lipinski definition) is 2. The Hall–Kier alpha value is -1.79. The molecule has 0 radical (unpaired) electrons. The van der Waals surface area contributed by atoms with Crippen LogP contribution in [0.5, 0.6) is 11.5 Å². The lowest BCUT2D eigenvalue weighted by Crippen LogP contribution is -2.37. The van der Waals surface area contributed by atoms with Crippen molar-refractivity contribution in [3.63, 3.8) is 0 Å². The minimum absolute atomic E-state index is 0.0156. The number of carboxylic acids is 1. The van der Waals surface area contributed by atoms with Gasteiger partial charge in [-0.25, -0.2) is 4.79 Å². The molecule has 1 aromatic rings. The summed E-state index contributed by atoms with van der Waals surface area (Å²) in [5.74, 6) is -0.0591. The number of carbonyl (C=O) groups is 1. The summed E-state index contributed by atoms with van der Waals surface area (Å²) in [7, 11) is 1.57. The third-order valence-electron chi connectivity index (χ3n) is 3.66. The molecular weight excluding hydrogens is 274 g/mol. The van der Waals surface area contributed by atoms with E-state index in [2.05, 4.69) is 4.90 Å². The van der Waals surface area contributed by atoms with E-state index in [0.717, 1.165) is 31.5 Å². The molecule has 0 aliphatic carbocycles. The lowest BCUT2D eigenvalue weighted by molar-refractivity contribution is -0.145. The highest BCUT2D eigenvalue weighted by atomic mass is 16.5. The summed E-state index contributed by atoms with van der Waals surface area (Å²) in [6, 6.07) is 5.30.